The van der Waals surface area contributed by atoms with Crippen LogP contribution in [0.4, 0.5) is 5.69 Å². The molecule has 7 heteroatoms. The Bertz CT molecular complexity index is 716. The van der Waals surface area contributed by atoms with E-state index in [0.29, 0.717) is 11.3 Å². The smallest absolute Gasteiger partial charge is 0.312 e. The molecule has 0 amide bonds. The predicted molar refractivity (Wildman–Crippen MR) is 73.9 cm³/mol. The minimum Gasteiger partial charge on any atom is -0.312 e. The molecule has 1 aromatic rings. The van der Waals surface area contributed by atoms with E-state index in [0.717, 1.165) is 6.07 Å². The lowest BCUT2D eigenvalue weighted by Crippen LogP contribution is -2.08. The molecule has 0 unspecified atom stereocenters. The minimum absolute atomic E-state index is 0.0195. The Morgan fingerprint density at radius 3 is 2.76 bits per heavy atom. The van der Waals surface area contributed by atoms with Gasteiger partial charge < -0.3 is 4.84 Å². The van der Waals surface area contributed by atoms with E-state index in [9.17, 15) is 19.7 Å². The molecule has 0 bridgehead atoms. The van der Waals surface area contributed by atoms with Crippen molar-refractivity contribution in [3.05, 3.63) is 63.7 Å². The molecule has 0 N–H and O–H groups in total. The van der Waals surface area contributed by atoms with Crippen LogP contribution in [0.1, 0.15) is 17.3 Å². The highest BCUT2D eigenvalue weighted by atomic mass is 16.7. The lowest BCUT2D eigenvalue weighted by atomic mass is 10.1. The molecule has 0 atom stereocenters. The average molecular weight is 286 g/mol. The van der Waals surface area contributed by atoms with Crippen LogP contribution in [0.3, 0.4) is 0 Å². The van der Waals surface area contributed by atoms with Crippen LogP contribution in [-0.2, 0) is 9.63 Å². The first-order valence-corrected chi connectivity index (χ1v) is 5.92. The van der Waals surface area contributed by atoms with E-state index >= 15 is 0 Å². The fourth-order valence-electron chi connectivity index (χ4n) is 1.62. The van der Waals surface area contributed by atoms with Gasteiger partial charge in [-0.25, -0.2) is 4.79 Å². The van der Waals surface area contributed by atoms with Crippen LogP contribution in [0.5, 0.6) is 0 Å². The van der Waals surface area contributed by atoms with Crippen LogP contribution in [-0.4, -0.2) is 22.4 Å². The van der Waals surface area contributed by atoms with Gasteiger partial charge in [-0.15, -0.1) is 0 Å². The number of hydrogen-bond acceptors (Lipinski definition) is 6. The molecular weight excluding hydrogens is 276 g/mol. The molecule has 0 heterocycles. The Balaban J connectivity index is 2.14. The molecule has 0 aliphatic heterocycles. The summed E-state index contributed by atoms with van der Waals surface area (Å²) < 4.78 is 0. The van der Waals surface area contributed by atoms with Crippen LogP contribution in [0, 0.1) is 10.1 Å². The van der Waals surface area contributed by atoms with Crippen molar-refractivity contribution in [2.45, 2.75) is 6.92 Å². The SMILES string of the molecule is CC1=CC(=O)C=CC1=NOC(=O)c1cccc([N+](=O)[O-])c1. The lowest BCUT2D eigenvalue weighted by molar-refractivity contribution is -0.384. The molecule has 0 aromatic heterocycles. The minimum atomic E-state index is -0.815. The number of nitro groups is 1. The van der Waals surface area contributed by atoms with Gasteiger partial charge in [0.2, 0.25) is 0 Å². The van der Waals surface area contributed by atoms with Crippen molar-refractivity contribution in [3.8, 4) is 0 Å². The van der Waals surface area contributed by atoms with E-state index in [1.165, 1.54) is 36.4 Å². The highest BCUT2D eigenvalue weighted by Gasteiger charge is 2.14. The average Bonchev–Trinajstić information content (AvgIpc) is 2.46. The van der Waals surface area contributed by atoms with Crippen molar-refractivity contribution in [3.63, 3.8) is 0 Å². The normalized spacial score (nSPS) is 15.8. The van der Waals surface area contributed by atoms with Gasteiger partial charge in [-0.05, 0) is 36.8 Å². The molecule has 21 heavy (non-hydrogen) atoms. The quantitative estimate of drug-likeness (QED) is 0.367. The maximum absolute atomic E-state index is 11.8. The van der Waals surface area contributed by atoms with Crippen molar-refractivity contribution in [1.29, 1.82) is 0 Å². The van der Waals surface area contributed by atoms with E-state index < -0.39 is 10.9 Å². The van der Waals surface area contributed by atoms with Crippen molar-refractivity contribution < 1.29 is 19.3 Å². The zero-order valence-corrected chi connectivity index (χ0v) is 11.0. The molecule has 1 aliphatic carbocycles. The van der Waals surface area contributed by atoms with Gasteiger partial charge in [-0.3, -0.25) is 14.9 Å². The number of hydrogen-bond donors (Lipinski definition) is 0. The van der Waals surface area contributed by atoms with Crippen molar-refractivity contribution >= 4 is 23.2 Å². The summed E-state index contributed by atoms with van der Waals surface area (Å²) in [5.41, 5.74) is 0.713. The van der Waals surface area contributed by atoms with Crippen LogP contribution < -0.4 is 0 Å². The molecule has 0 saturated carbocycles. The number of ketones is 1. The molecule has 0 fully saturated rings. The van der Waals surface area contributed by atoms with E-state index in [1.54, 1.807) is 6.92 Å². The Morgan fingerprint density at radius 2 is 2.10 bits per heavy atom. The molecule has 0 saturated heterocycles. The van der Waals surface area contributed by atoms with Gasteiger partial charge in [0.05, 0.1) is 10.5 Å². The first-order chi connectivity index (χ1) is 9.97. The Labute approximate surface area is 119 Å². The van der Waals surface area contributed by atoms with Crippen LogP contribution in [0.25, 0.3) is 0 Å². The third-order valence-corrected chi connectivity index (χ3v) is 2.69. The fourth-order valence-corrected chi connectivity index (χ4v) is 1.62. The topological polar surface area (TPSA) is 98.9 Å². The highest BCUT2D eigenvalue weighted by molar-refractivity contribution is 6.19. The van der Waals surface area contributed by atoms with E-state index in [-0.39, 0.29) is 17.0 Å². The van der Waals surface area contributed by atoms with Gasteiger partial charge in [0.15, 0.2) is 5.78 Å². The van der Waals surface area contributed by atoms with Crippen LogP contribution in [0.15, 0.2) is 53.2 Å². The van der Waals surface area contributed by atoms with Crippen molar-refractivity contribution in [2.75, 3.05) is 0 Å². The zero-order chi connectivity index (χ0) is 15.4. The lowest BCUT2D eigenvalue weighted by Gasteiger charge is -2.05. The Kier molecular flexibility index (Phi) is 4.03. The second-order valence-corrected chi connectivity index (χ2v) is 4.23. The maximum atomic E-state index is 11.8. The molecule has 0 spiro atoms. The van der Waals surface area contributed by atoms with Crippen molar-refractivity contribution in [1.82, 2.24) is 0 Å². The maximum Gasteiger partial charge on any atom is 0.366 e. The monoisotopic (exact) mass is 286 g/mol. The van der Waals surface area contributed by atoms with Crippen LogP contribution in [0.2, 0.25) is 0 Å². The second-order valence-electron chi connectivity index (χ2n) is 4.23. The summed E-state index contributed by atoms with van der Waals surface area (Å²) >= 11 is 0. The number of carbonyl (C=O) groups is 2. The van der Waals surface area contributed by atoms with Gasteiger partial charge >= 0.3 is 5.97 Å². The second kappa shape index (κ2) is 5.91. The summed E-state index contributed by atoms with van der Waals surface area (Å²) in [7, 11) is 0. The summed E-state index contributed by atoms with van der Waals surface area (Å²) in [4.78, 5) is 37.6. The standard InChI is InChI=1S/C14H10N2O5/c1-9-7-12(17)5-6-13(9)15-21-14(18)10-3-2-4-11(8-10)16(19)20/h2-8H,1H3. The number of rotatable bonds is 3. The summed E-state index contributed by atoms with van der Waals surface area (Å²) in [6.07, 6.45) is 4.09. The van der Waals surface area contributed by atoms with Gasteiger partial charge in [0.1, 0.15) is 5.71 Å². The number of non-ortho nitro benzene ring substituents is 1. The molecule has 0 radical (unpaired) electrons. The fraction of sp³-hybridized carbons (Fsp3) is 0.0714. The number of benzene rings is 1. The summed E-state index contributed by atoms with van der Waals surface area (Å²) in [5, 5.41) is 14.3. The molecule has 7 nitrogen and oxygen atoms in total. The predicted octanol–water partition coefficient (Wildman–Crippen LogP) is 2.19. The highest BCUT2D eigenvalue weighted by Crippen LogP contribution is 2.14. The molecular formula is C14H10N2O5. The van der Waals surface area contributed by atoms with E-state index in [2.05, 4.69) is 5.16 Å². The van der Waals surface area contributed by atoms with Gasteiger partial charge in [0, 0.05) is 12.1 Å². The number of allylic oxidation sites excluding steroid dienone is 4. The van der Waals surface area contributed by atoms with E-state index in [1.807, 2.05) is 0 Å². The molecule has 2 rings (SSSR count). The molecule has 106 valence electrons. The third kappa shape index (κ3) is 3.47. The first-order valence-electron chi connectivity index (χ1n) is 5.92. The van der Waals surface area contributed by atoms with Crippen molar-refractivity contribution in [2.24, 2.45) is 5.16 Å². The molecule has 1 aliphatic rings. The molecule has 1 aromatic carbocycles. The number of carbonyl (C=O) groups excluding carboxylic acids is 2. The van der Waals surface area contributed by atoms with Crippen LogP contribution >= 0.6 is 0 Å². The summed E-state index contributed by atoms with van der Waals surface area (Å²) in [5.74, 6) is -0.985. The first kappa shape index (κ1) is 14.3. The van der Waals surface area contributed by atoms with Gasteiger partial charge in [-0.2, -0.15) is 0 Å². The number of nitrogens with zero attached hydrogens (tertiary/aromatic N) is 2. The largest absolute Gasteiger partial charge is 0.366 e. The number of nitro benzene ring substituents is 1. The Hall–Kier alpha value is -3.09. The zero-order valence-electron chi connectivity index (χ0n) is 11.0. The van der Waals surface area contributed by atoms with E-state index in [4.69, 9.17) is 4.84 Å². The van der Waals surface area contributed by atoms with Gasteiger partial charge in [-0.1, -0.05) is 11.2 Å². The summed E-state index contributed by atoms with van der Waals surface area (Å²) in [6, 6.07) is 5.14. The van der Waals surface area contributed by atoms with Gasteiger partial charge in [0.25, 0.3) is 5.69 Å². The summed E-state index contributed by atoms with van der Waals surface area (Å²) in [6.45, 7) is 1.65. The Morgan fingerprint density at radius 1 is 1.33 bits per heavy atom. The number of oxime groups is 1. The third-order valence-electron chi connectivity index (χ3n) is 2.69.